The maximum absolute atomic E-state index is 13.2. The van der Waals surface area contributed by atoms with Gasteiger partial charge in [-0.05, 0) is 42.3 Å². The number of nitro groups is 1. The van der Waals surface area contributed by atoms with Gasteiger partial charge in [-0.3, -0.25) is 14.9 Å². The number of nitrogens with zero attached hydrogens (tertiary/aromatic N) is 3. The number of methoxy groups -OCH3 is 1. The van der Waals surface area contributed by atoms with Crippen LogP contribution in [0, 0.1) is 10.1 Å². The molecule has 0 aliphatic carbocycles. The van der Waals surface area contributed by atoms with Gasteiger partial charge in [-0.1, -0.05) is 29.8 Å². The van der Waals surface area contributed by atoms with Gasteiger partial charge in [0.2, 0.25) is 0 Å². The third-order valence-corrected chi connectivity index (χ3v) is 5.33. The molecule has 1 amide bonds. The van der Waals surface area contributed by atoms with Crippen LogP contribution in [0.4, 0.5) is 5.69 Å². The Kier molecular flexibility index (Phi) is 7.81. The molecule has 1 heterocycles. The van der Waals surface area contributed by atoms with Gasteiger partial charge in [0.25, 0.3) is 11.6 Å². The number of carbonyl (C=O) groups excluding carboxylic acids is 1. The molecule has 0 bridgehead atoms. The normalized spacial score (nSPS) is 10.8. The molecule has 0 aliphatic heterocycles. The summed E-state index contributed by atoms with van der Waals surface area (Å²) in [5.41, 5.74) is 2.32. The van der Waals surface area contributed by atoms with Crippen LogP contribution in [0.25, 0.3) is 0 Å². The Morgan fingerprint density at radius 1 is 1.13 bits per heavy atom. The lowest BCUT2D eigenvalue weighted by Gasteiger charge is -2.24. The van der Waals surface area contributed by atoms with E-state index in [1.54, 1.807) is 12.0 Å². The van der Waals surface area contributed by atoms with E-state index in [1.807, 2.05) is 42.6 Å². The minimum atomic E-state index is -0.480. The fourth-order valence-corrected chi connectivity index (χ4v) is 3.51. The zero-order valence-corrected chi connectivity index (χ0v) is 18.0. The summed E-state index contributed by atoms with van der Waals surface area (Å²) < 4.78 is 7.20. The average Bonchev–Trinajstić information content (AvgIpc) is 3.21. The third kappa shape index (κ3) is 5.93. The van der Waals surface area contributed by atoms with E-state index in [2.05, 4.69) is 4.57 Å². The lowest BCUT2D eigenvalue weighted by molar-refractivity contribution is -0.384. The van der Waals surface area contributed by atoms with Crippen molar-refractivity contribution in [1.29, 1.82) is 0 Å². The summed E-state index contributed by atoms with van der Waals surface area (Å²) in [6, 6.07) is 17.3. The highest BCUT2D eigenvalue weighted by atomic mass is 35.5. The Bertz CT molecular complexity index is 1030. The number of halogens is 1. The molecule has 0 saturated carbocycles. The Labute approximate surface area is 186 Å². The van der Waals surface area contributed by atoms with Crippen molar-refractivity contribution in [1.82, 2.24) is 9.47 Å². The monoisotopic (exact) mass is 441 g/mol. The number of ether oxygens (including phenoxy) is 1. The Hall–Kier alpha value is -3.16. The van der Waals surface area contributed by atoms with Crippen LogP contribution in [0.15, 0.2) is 66.9 Å². The Balaban J connectivity index is 1.80. The van der Waals surface area contributed by atoms with Crippen molar-refractivity contribution < 1.29 is 14.5 Å². The van der Waals surface area contributed by atoms with Crippen molar-refractivity contribution in [2.24, 2.45) is 0 Å². The van der Waals surface area contributed by atoms with Gasteiger partial charge < -0.3 is 14.2 Å². The fraction of sp³-hybridized carbons (Fsp3) is 0.261. The van der Waals surface area contributed by atoms with E-state index in [-0.39, 0.29) is 11.6 Å². The molecule has 1 aromatic heterocycles. The molecule has 0 atom stereocenters. The number of benzene rings is 2. The zero-order chi connectivity index (χ0) is 22.2. The number of nitro benzene ring substituents is 1. The van der Waals surface area contributed by atoms with Gasteiger partial charge in [-0.25, -0.2) is 0 Å². The first-order valence-electron chi connectivity index (χ1n) is 9.89. The molecule has 162 valence electrons. The summed E-state index contributed by atoms with van der Waals surface area (Å²) in [6.45, 7) is 2.03. The molecule has 0 spiro atoms. The van der Waals surface area contributed by atoms with E-state index in [4.69, 9.17) is 16.3 Å². The van der Waals surface area contributed by atoms with Crippen molar-refractivity contribution in [3.05, 3.63) is 98.8 Å². The van der Waals surface area contributed by atoms with E-state index in [1.165, 1.54) is 24.3 Å². The summed E-state index contributed by atoms with van der Waals surface area (Å²) in [7, 11) is 1.62. The fourth-order valence-electron chi connectivity index (χ4n) is 3.31. The SMILES string of the molecule is COCCCN(Cc1cccn1Cc1ccccc1Cl)C(=O)c1ccc([N+](=O)[O-])cc1. The van der Waals surface area contributed by atoms with Crippen LogP contribution in [0.3, 0.4) is 0 Å². The predicted molar refractivity (Wildman–Crippen MR) is 119 cm³/mol. The van der Waals surface area contributed by atoms with Crippen LogP contribution in [-0.4, -0.2) is 40.6 Å². The number of hydrogen-bond acceptors (Lipinski definition) is 4. The lowest BCUT2D eigenvalue weighted by Crippen LogP contribution is -2.33. The Morgan fingerprint density at radius 3 is 2.55 bits per heavy atom. The summed E-state index contributed by atoms with van der Waals surface area (Å²) in [6.07, 6.45) is 2.64. The van der Waals surface area contributed by atoms with Crippen LogP contribution >= 0.6 is 11.6 Å². The minimum Gasteiger partial charge on any atom is -0.385 e. The molecule has 0 saturated heterocycles. The highest BCUT2D eigenvalue weighted by Gasteiger charge is 2.19. The number of amides is 1. The van der Waals surface area contributed by atoms with Crippen LogP contribution in [0.2, 0.25) is 5.02 Å². The van der Waals surface area contributed by atoms with E-state index in [9.17, 15) is 14.9 Å². The highest BCUT2D eigenvalue weighted by molar-refractivity contribution is 6.31. The quantitative estimate of drug-likeness (QED) is 0.258. The molecule has 0 fully saturated rings. The molecular weight excluding hydrogens is 418 g/mol. The van der Waals surface area contributed by atoms with Crippen LogP contribution < -0.4 is 0 Å². The predicted octanol–water partition coefficient (Wildman–Crippen LogP) is 4.78. The van der Waals surface area contributed by atoms with Crippen LogP contribution in [0.1, 0.15) is 28.0 Å². The molecule has 3 aromatic rings. The van der Waals surface area contributed by atoms with Gasteiger partial charge in [0.1, 0.15) is 0 Å². The molecule has 0 aliphatic rings. The van der Waals surface area contributed by atoms with Crippen molar-refractivity contribution in [2.45, 2.75) is 19.5 Å². The van der Waals surface area contributed by atoms with Crippen LogP contribution in [-0.2, 0) is 17.8 Å². The molecule has 8 heteroatoms. The van der Waals surface area contributed by atoms with Crippen molar-refractivity contribution in [2.75, 3.05) is 20.3 Å². The third-order valence-electron chi connectivity index (χ3n) is 4.96. The van der Waals surface area contributed by atoms with Gasteiger partial charge >= 0.3 is 0 Å². The smallest absolute Gasteiger partial charge is 0.269 e. The average molecular weight is 442 g/mol. The lowest BCUT2D eigenvalue weighted by atomic mass is 10.1. The summed E-state index contributed by atoms with van der Waals surface area (Å²) in [5, 5.41) is 11.6. The number of carbonyl (C=O) groups is 1. The summed E-state index contributed by atoms with van der Waals surface area (Å²) in [5.74, 6) is -0.184. The molecule has 3 rings (SSSR count). The molecule has 0 radical (unpaired) electrons. The number of rotatable bonds is 10. The minimum absolute atomic E-state index is 0.0453. The number of aromatic nitrogens is 1. The maximum Gasteiger partial charge on any atom is 0.269 e. The van der Waals surface area contributed by atoms with Gasteiger partial charge in [-0.2, -0.15) is 0 Å². The van der Waals surface area contributed by atoms with Crippen molar-refractivity contribution in [3.63, 3.8) is 0 Å². The summed E-state index contributed by atoms with van der Waals surface area (Å²) in [4.78, 5) is 25.3. The topological polar surface area (TPSA) is 77.6 Å². The molecule has 0 N–H and O–H groups in total. The van der Waals surface area contributed by atoms with Crippen molar-refractivity contribution in [3.8, 4) is 0 Å². The Morgan fingerprint density at radius 2 is 1.87 bits per heavy atom. The van der Waals surface area contributed by atoms with E-state index < -0.39 is 4.92 Å². The molecule has 31 heavy (non-hydrogen) atoms. The van der Waals surface area contributed by atoms with E-state index >= 15 is 0 Å². The maximum atomic E-state index is 13.2. The first kappa shape index (κ1) is 22.5. The number of non-ortho nitro benzene ring substituents is 1. The molecular formula is C23H24ClN3O4. The first-order chi connectivity index (χ1) is 15.0. The van der Waals surface area contributed by atoms with Gasteiger partial charge in [0, 0.05) is 61.4 Å². The van der Waals surface area contributed by atoms with E-state index in [0.29, 0.717) is 43.2 Å². The molecule has 2 aromatic carbocycles. The summed E-state index contributed by atoms with van der Waals surface area (Å²) >= 11 is 6.31. The first-order valence-corrected chi connectivity index (χ1v) is 10.3. The standard InChI is InChI=1S/C23H24ClN3O4/c1-31-15-5-14-26(23(28)18-9-11-20(12-10-18)27(29)30)17-21-7-4-13-25(21)16-19-6-2-3-8-22(19)24/h2-4,6-13H,5,14-17H2,1H3. The second-order valence-electron chi connectivity index (χ2n) is 7.10. The van der Waals surface area contributed by atoms with Gasteiger partial charge in [0.05, 0.1) is 11.5 Å². The zero-order valence-electron chi connectivity index (χ0n) is 17.2. The number of hydrogen-bond donors (Lipinski definition) is 0. The highest BCUT2D eigenvalue weighted by Crippen LogP contribution is 2.19. The van der Waals surface area contributed by atoms with E-state index in [0.717, 1.165) is 11.3 Å². The van der Waals surface area contributed by atoms with Gasteiger partial charge in [0.15, 0.2) is 0 Å². The van der Waals surface area contributed by atoms with Crippen LogP contribution in [0.5, 0.6) is 0 Å². The second-order valence-corrected chi connectivity index (χ2v) is 7.50. The molecule has 0 unspecified atom stereocenters. The van der Waals surface area contributed by atoms with Gasteiger partial charge in [-0.15, -0.1) is 0 Å². The largest absolute Gasteiger partial charge is 0.385 e. The second kappa shape index (κ2) is 10.7. The molecule has 7 nitrogen and oxygen atoms in total. The van der Waals surface area contributed by atoms with Crippen molar-refractivity contribution >= 4 is 23.2 Å².